The second-order valence-electron chi connectivity index (χ2n) is 6.59. The molecule has 4 aromatic rings. The molecule has 0 spiro atoms. The fourth-order valence-electron chi connectivity index (χ4n) is 2.96. The van der Waals surface area contributed by atoms with Crippen molar-refractivity contribution in [3.8, 4) is 11.1 Å². The highest BCUT2D eigenvalue weighted by atomic mass is 127. The molecule has 158 valence electrons. The van der Waals surface area contributed by atoms with E-state index in [-0.39, 0.29) is 9.64 Å². The summed E-state index contributed by atoms with van der Waals surface area (Å²) in [6.45, 7) is 1.78. The lowest BCUT2D eigenvalue weighted by Crippen LogP contribution is -2.33. The highest BCUT2D eigenvalue weighted by Crippen LogP contribution is 2.27. The smallest absolute Gasteiger partial charge is 0.333 e. The third kappa shape index (κ3) is 4.50. The number of sulfonamides is 1. The van der Waals surface area contributed by atoms with E-state index in [9.17, 15) is 18.0 Å². The molecule has 0 fully saturated rings. The van der Waals surface area contributed by atoms with Crippen molar-refractivity contribution in [2.75, 3.05) is 5.32 Å². The van der Waals surface area contributed by atoms with Crippen LogP contribution in [-0.4, -0.2) is 14.4 Å². The van der Waals surface area contributed by atoms with Crippen LogP contribution in [0.3, 0.4) is 0 Å². The minimum atomic E-state index is -3.95. The molecule has 0 aliphatic carbocycles. The molecule has 31 heavy (non-hydrogen) atoms. The standard InChI is InChI=1S/C21H15IN2O5S2/c1-12-6-9-19(30-12)31(27,28)24-21(26)23-13-7-8-14(17(22)10-13)16-11-29-18-5-3-2-4-15(18)20(16)25/h2-11H,1H3,(H2,23,24,26). The maximum absolute atomic E-state index is 12.8. The zero-order chi connectivity index (χ0) is 22.2. The first-order valence-corrected chi connectivity index (χ1v) is 12.3. The van der Waals surface area contributed by atoms with Gasteiger partial charge in [-0.15, -0.1) is 11.3 Å². The number of hydrogen-bond acceptors (Lipinski definition) is 6. The van der Waals surface area contributed by atoms with Crippen LogP contribution >= 0.6 is 33.9 Å². The number of rotatable bonds is 4. The van der Waals surface area contributed by atoms with E-state index in [1.807, 2.05) is 27.3 Å². The Balaban J connectivity index is 1.56. The van der Waals surface area contributed by atoms with Gasteiger partial charge in [-0.2, -0.15) is 0 Å². The third-order valence-electron chi connectivity index (χ3n) is 4.40. The van der Waals surface area contributed by atoms with Crippen LogP contribution in [0.2, 0.25) is 0 Å². The SMILES string of the molecule is Cc1ccc(S(=O)(=O)NC(=O)Nc2ccc(-c3coc4ccccc4c3=O)c(I)c2)s1. The minimum absolute atomic E-state index is 0.0631. The van der Waals surface area contributed by atoms with E-state index in [2.05, 4.69) is 5.32 Å². The Morgan fingerprint density at radius 1 is 1.06 bits per heavy atom. The molecule has 0 saturated carbocycles. The van der Waals surface area contributed by atoms with E-state index in [1.54, 1.807) is 55.5 Å². The van der Waals surface area contributed by atoms with Crippen molar-refractivity contribution in [3.05, 3.63) is 79.5 Å². The maximum atomic E-state index is 12.8. The Kier molecular flexibility index (Phi) is 5.86. The molecular weight excluding hydrogens is 551 g/mol. The first kappa shape index (κ1) is 21.5. The van der Waals surface area contributed by atoms with E-state index < -0.39 is 16.1 Å². The molecule has 0 saturated heterocycles. The van der Waals surface area contributed by atoms with Crippen LogP contribution in [0.4, 0.5) is 10.5 Å². The summed E-state index contributed by atoms with van der Waals surface area (Å²) in [7, 11) is -3.95. The van der Waals surface area contributed by atoms with Crippen LogP contribution in [0.25, 0.3) is 22.1 Å². The number of hydrogen-bond donors (Lipinski definition) is 2. The van der Waals surface area contributed by atoms with Crippen molar-refractivity contribution >= 4 is 66.6 Å². The minimum Gasteiger partial charge on any atom is -0.463 e. The topological polar surface area (TPSA) is 105 Å². The van der Waals surface area contributed by atoms with Crippen LogP contribution in [0.1, 0.15) is 4.88 Å². The number of urea groups is 1. The summed E-state index contributed by atoms with van der Waals surface area (Å²) >= 11 is 3.13. The largest absolute Gasteiger partial charge is 0.463 e. The van der Waals surface area contributed by atoms with Crippen molar-refractivity contribution in [2.45, 2.75) is 11.1 Å². The van der Waals surface area contributed by atoms with E-state index >= 15 is 0 Å². The number of amides is 2. The molecule has 10 heteroatoms. The molecule has 0 radical (unpaired) electrons. The number of carbonyl (C=O) groups is 1. The lowest BCUT2D eigenvalue weighted by molar-refractivity contribution is 0.256. The second kappa shape index (κ2) is 8.44. The maximum Gasteiger partial charge on any atom is 0.333 e. The molecule has 0 atom stereocenters. The zero-order valence-electron chi connectivity index (χ0n) is 16.0. The van der Waals surface area contributed by atoms with Gasteiger partial charge in [0.25, 0.3) is 10.0 Å². The first-order valence-electron chi connectivity index (χ1n) is 8.95. The molecule has 2 aromatic carbocycles. The number of anilines is 1. The molecule has 0 bridgehead atoms. The molecular formula is C21H15IN2O5S2. The predicted octanol–water partition coefficient (Wildman–Crippen LogP) is 4.94. The van der Waals surface area contributed by atoms with E-state index in [0.29, 0.717) is 31.4 Å². The van der Waals surface area contributed by atoms with Gasteiger partial charge >= 0.3 is 6.03 Å². The summed E-state index contributed by atoms with van der Waals surface area (Å²) in [5.74, 6) is 0. The molecule has 2 heterocycles. The number of para-hydroxylation sites is 1. The third-order valence-corrected chi connectivity index (χ3v) is 8.12. The van der Waals surface area contributed by atoms with Crippen molar-refractivity contribution in [1.82, 2.24) is 4.72 Å². The van der Waals surface area contributed by atoms with Gasteiger partial charge in [0.15, 0.2) is 0 Å². The number of benzene rings is 2. The molecule has 2 N–H and O–H groups in total. The first-order chi connectivity index (χ1) is 14.7. The number of aryl methyl sites for hydroxylation is 1. The Hall–Kier alpha value is -2.70. The van der Waals surface area contributed by atoms with Gasteiger partial charge in [0.05, 0.1) is 10.9 Å². The van der Waals surface area contributed by atoms with Crippen molar-refractivity contribution in [3.63, 3.8) is 0 Å². The average Bonchev–Trinajstić information content (AvgIpc) is 3.16. The number of thiophene rings is 1. The average molecular weight is 566 g/mol. The fraction of sp³-hybridized carbons (Fsp3) is 0.0476. The molecule has 0 unspecified atom stereocenters. The summed E-state index contributed by atoms with van der Waals surface area (Å²) < 4.78 is 32.9. The Morgan fingerprint density at radius 2 is 1.84 bits per heavy atom. The molecule has 2 aromatic heterocycles. The van der Waals surface area contributed by atoms with Crippen LogP contribution in [0.15, 0.2) is 74.3 Å². The fourth-order valence-corrected chi connectivity index (χ4v) is 5.96. The zero-order valence-corrected chi connectivity index (χ0v) is 19.8. The lowest BCUT2D eigenvalue weighted by Gasteiger charge is -2.10. The van der Waals surface area contributed by atoms with Gasteiger partial charge in [-0.1, -0.05) is 18.2 Å². The van der Waals surface area contributed by atoms with E-state index in [0.717, 1.165) is 16.2 Å². The van der Waals surface area contributed by atoms with Gasteiger partial charge < -0.3 is 9.73 Å². The molecule has 4 rings (SSSR count). The summed E-state index contributed by atoms with van der Waals surface area (Å²) in [6.07, 6.45) is 1.41. The van der Waals surface area contributed by atoms with Crippen LogP contribution in [0, 0.1) is 10.5 Å². The highest BCUT2D eigenvalue weighted by Gasteiger charge is 2.20. The number of halogens is 1. The van der Waals surface area contributed by atoms with E-state index in [1.165, 1.54) is 12.3 Å². The van der Waals surface area contributed by atoms with Gasteiger partial charge in [-0.05, 0) is 65.9 Å². The molecule has 7 nitrogen and oxygen atoms in total. The lowest BCUT2D eigenvalue weighted by atomic mass is 10.1. The van der Waals surface area contributed by atoms with Crippen molar-refractivity contribution < 1.29 is 17.6 Å². The van der Waals surface area contributed by atoms with Crippen molar-refractivity contribution in [1.29, 1.82) is 0 Å². The number of nitrogens with one attached hydrogen (secondary N) is 2. The molecule has 0 aliphatic heterocycles. The predicted molar refractivity (Wildman–Crippen MR) is 129 cm³/mol. The summed E-state index contributed by atoms with van der Waals surface area (Å²) in [5, 5.41) is 2.99. The van der Waals surface area contributed by atoms with Gasteiger partial charge in [-0.25, -0.2) is 17.9 Å². The van der Waals surface area contributed by atoms with Gasteiger partial charge in [-0.3, -0.25) is 4.79 Å². The van der Waals surface area contributed by atoms with Crippen LogP contribution < -0.4 is 15.5 Å². The highest BCUT2D eigenvalue weighted by molar-refractivity contribution is 14.1. The summed E-state index contributed by atoms with van der Waals surface area (Å²) in [5.41, 5.74) is 1.77. The monoisotopic (exact) mass is 566 g/mol. The van der Waals surface area contributed by atoms with Crippen LogP contribution in [0.5, 0.6) is 0 Å². The molecule has 0 aliphatic rings. The number of carbonyl (C=O) groups excluding carboxylic acids is 1. The second-order valence-corrected chi connectivity index (χ2v) is 11.0. The Morgan fingerprint density at radius 3 is 2.55 bits per heavy atom. The summed E-state index contributed by atoms with van der Waals surface area (Å²) in [4.78, 5) is 25.9. The Labute approximate surface area is 195 Å². The van der Waals surface area contributed by atoms with Crippen LogP contribution in [-0.2, 0) is 10.0 Å². The normalized spacial score (nSPS) is 11.4. The quantitative estimate of drug-likeness (QED) is 0.341. The van der Waals surface area contributed by atoms with Crippen molar-refractivity contribution in [2.24, 2.45) is 0 Å². The van der Waals surface area contributed by atoms with E-state index in [4.69, 9.17) is 4.42 Å². The Bertz CT molecular complexity index is 1470. The van der Waals surface area contributed by atoms with Gasteiger partial charge in [0.2, 0.25) is 5.43 Å². The van der Waals surface area contributed by atoms with Gasteiger partial charge in [0.1, 0.15) is 16.1 Å². The summed E-state index contributed by atoms with van der Waals surface area (Å²) in [6, 6.07) is 14.1. The number of fused-ring (bicyclic) bond motifs is 1. The molecule has 2 amide bonds. The van der Waals surface area contributed by atoms with Gasteiger partial charge in [0, 0.05) is 19.7 Å².